The molecule has 1 aromatic carbocycles. The average Bonchev–Trinajstić information content (AvgIpc) is 2.46. The lowest BCUT2D eigenvalue weighted by atomic mass is 9.93. The van der Waals surface area contributed by atoms with E-state index in [2.05, 4.69) is 20.8 Å². The molecule has 0 spiro atoms. The Kier molecular flexibility index (Phi) is 5.61. The van der Waals surface area contributed by atoms with Crippen LogP contribution >= 0.6 is 15.9 Å². The van der Waals surface area contributed by atoms with E-state index in [0.717, 1.165) is 28.6 Å². The van der Waals surface area contributed by atoms with Crippen LogP contribution in [0.3, 0.4) is 0 Å². The minimum Gasteiger partial charge on any atom is -0.395 e. The number of Topliss-reactive ketones (excluding diaryl/α,β-unsaturated/α-hetero) is 1. The van der Waals surface area contributed by atoms with E-state index >= 15 is 0 Å². The molecule has 4 heteroatoms. The first-order chi connectivity index (χ1) is 9.63. The van der Waals surface area contributed by atoms with Crippen molar-refractivity contribution >= 4 is 27.4 Å². The molecule has 1 aliphatic rings. The second-order valence-corrected chi connectivity index (χ2v) is 6.34. The highest BCUT2D eigenvalue weighted by molar-refractivity contribution is 9.10. The Morgan fingerprint density at radius 1 is 1.35 bits per heavy atom. The summed E-state index contributed by atoms with van der Waals surface area (Å²) < 4.78 is 0.916. The van der Waals surface area contributed by atoms with Gasteiger partial charge in [-0.15, -0.1) is 0 Å². The lowest BCUT2D eigenvalue weighted by Gasteiger charge is -2.36. The van der Waals surface area contributed by atoms with Gasteiger partial charge in [-0.2, -0.15) is 0 Å². The normalized spacial score (nSPS) is 16.1. The quantitative estimate of drug-likeness (QED) is 0.830. The zero-order valence-electron chi connectivity index (χ0n) is 11.9. The molecule has 0 aromatic heterocycles. The summed E-state index contributed by atoms with van der Waals surface area (Å²) >= 11 is 3.43. The molecule has 110 valence electrons. The van der Waals surface area contributed by atoms with Crippen molar-refractivity contribution in [3.8, 4) is 0 Å². The summed E-state index contributed by atoms with van der Waals surface area (Å²) in [7, 11) is 0. The number of aliphatic hydroxyl groups excluding tert-OH is 1. The number of aliphatic hydroxyl groups is 1. The van der Waals surface area contributed by atoms with Crippen molar-refractivity contribution in [3.63, 3.8) is 0 Å². The molecule has 0 aliphatic heterocycles. The highest BCUT2D eigenvalue weighted by Crippen LogP contribution is 2.31. The number of benzene rings is 1. The van der Waals surface area contributed by atoms with Gasteiger partial charge in [0.2, 0.25) is 0 Å². The van der Waals surface area contributed by atoms with E-state index in [1.165, 1.54) is 19.3 Å². The Morgan fingerprint density at radius 2 is 2.05 bits per heavy atom. The first-order valence-electron chi connectivity index (χ1n) is 7.31. The Bertz CT molecular complexity index is 470. The third kappa shape index (κ3) is 3.61. The van der Waals surface area contributed by atoms with Crippen LogP contribution in [0.15, 0.2) is 22.7 Å². The molecule has 1 N–H and O–H groups in total. The van der Waals surface area contributed by atoms with Crippen molar-refractivity contribution in [2.24, 2.45) is 0 Å². The van der Waals surface area contributed by atoms with Gasteiger partial charge >= 0.3 is 0 Å². The Hall–Kier alpha value is -0.870. The Labute approximate surface area is 129 Å². The summed E-state index contributed by atoms with van der Waals surface area (Å²) in [6, 6.07) is 6.28. The maximum atomic E-state index is 11.9. The van der Waals surface area contributed by atoms with Crippen molar-refractivity contribution in [3.05, 3.63) is 28.2 Å². The smallest absolute Gasteiger partial charge is 0.161 e. The molecule has 0 radical (unpaired) electrons. The van der Waals surface area contributed by atoms with Gasteiger partial charge in [-0.3, -0.25) is 4.79 Å². The van der Waals surface area contributed by atoms with Crippen LogP contribution in [0.2, 0.25) is 0 Å². The van der Waals surface area contributed by atoms with Gasteiger partial charge in [0.15, 0.2) is 5.78 Å². The lowest BCUT2D eigenvalue weighted by Crippen LogP contribution is -2.39. The summed E-state index contributed by atoms with van der Waals surface area (Å²) in [4.78, 5) is 14.1. The van der Waals surface area contributed by atoms with Crippen molar-refractivity contribution in [2.75, 3.05) is 18.1 Å². The summed E-state index contributed by atoms with van der Waals surface area (Å²) in [6.45, 7) is 2.31. The second kappa shape index (κ2) is 7.23. The number of nitrogens with zero attached hydrogens (tertiary/aromatic N) is 1. The molecule has 3 nitrogen and oxygen atoms in total. The van der Waals surface area contributed by atoms with Crippen LogP contribution in [0, 0.1) is 0 Å². The van der Waals surface area contributed by atoms with Crippen molar-refractivity contribution in [1.29, 1.82) is 0 Å². The largest absolute Gasteiger partial charge is 0.395 e. The molecule has 0 amide bonds. The van der Waals surface area contributed by atoms with Crippen LogP contribution in [0.4, 0.5) is 5.69 Å². The number of ketones is 1. The fourth-order valence-corrected chi connectivity index (χ4v) is 3.40. The van der Waals surface area contributed by atoms with Gasteiger partial charge in [-0.1, -0.05) is 35.2 Å². The predicted molar refractivity (Wildman–Crippen MR) is 85.5 cm³/mol. The number of anilines is 1. The van der Waals surface area contributed by atoms with E-state index in [0.29, 0.717) is 12.6 Å². The standard InChI is InChI=1S/C16H22BrNO2/c1-12(20)15-11-13(17)7-8-16(15)18(9-10-19)14-5-3-2-4-6-14/h7-8,11,14,19H,2-6,9-10H2,1H3. The highest BCUT2D eigenvalue weighted by atomic mass is 79.9. The van der Waals surface area contributed by atoms with E-state index in [-0.39, 0.29) is 12.4 Å². The predicted octanol–water partition coefficient (Wildman–Crippen LogP) is 3.78. The number of hydrogen-bond donors (Lipinski definition) is 1. The molecule has 0 saturated heterocycles. The molecular weight excluding hydrogens is 318 g/mol. The van der Waals surface area contributed by atoms with Crippen LogP contribution in [0.5, 0.6) is 0 Å². The molecule has 0 bridgehead atoms. The Morgan fingerprint density at radius 3 is 2.65 bits per heavy atom. The molecular formula is C16H22BrNO2. The Balaban J connectivity index is 2.35. The maximum absolute atomic E-state index is 11.9. The average molecular weight is 340 g/mol. The summed E-state index contributed by atoms with van der Waals surface area (Å²) in [5, 5.41) is 9.38. The molecule has 0 atom stereocenters. The molecule has 1 aromatic rings. The van der Waals surface area contributed by atoms with Gasteiger partial charge in [0.05, 0.1) is 6.61 Å². The molecule has 1 saturated carbocycles. The molecule has 1 fully saturated rings. The van der Waals surface area contributed by atoms with Gasteiger partial charge in [-0.25, -0.2) is 0 Å². The molecule has 0 unspecified atom stereocenters. The van der Waals surface area contributed by atoms with E-state index in [9.17, 15) is 9.90 Å². The van der Waals surface area contributed by atoms with Crippen molar-refractivity contribution in [1.82, 2.24) is 0 Å². The van der Waals surface area contributed by atoms with Gasteiger partial charge in [0.1, 0.15) is 0 Å². The molecule has 0 heterocycles. The zero-order valence-corrected chi connectivity index (χ0v) is 13.5. The first kappa shape index (κ1) is 15.5. The van der Waals surface area contributed by atoms with Crippen molar-refractivity contribution in [2.45, 2.75) is 45.1 Å². The summed E-state index contributed by atoms with van der Waals surface area (Å²) in [5.74, 6) is 0.0695. The zero-order chi connectivity index (χ0) is 14.5. The summed E-state index contributed by atoms with van der Waals surface area (Å²) in [6.07, 6.45) is 6.06. The second-order valence-electron chi connectivity index (χ2n) is 5.43. The number of carbonyl (C=O) groups excluding carboxylic acids is 1. The summed E-state index contributed by atoms with van der Waals surface area (Å²) in [5.41, 5.74) is 1.69. The molecule has 20 heavy (non-hydrogen) atoms. The molecule has 2 rings (SSSR count). The number of halogens is 1. The van der Waals surface area contributed by atoms with Crippen LogP contribution < -0.4 is 4.90 Å². The van der Waals surface area contributed by atoms with Crippen LogP contribution in [0.1, 0.15) is 49.4 Å². The van der Waals surface area contributed by atoms with Gasteiger partial charge < -0.3 is 10.0 Å². The minimum absolute atomic E-state index is 0.0695. The van der Waals surface area contributed by atoms with Gasteiger partial charge in [-0.05, 0) is 38.0 Å². The fraction of sp³-hybridized carbons (Fsp3) is 0.562. The minimum atomic E-state index is 0.0695. The third-order valence-corrected chi connectivity index (χ3v) is 4.50. The van der Waals surface area contributed by atoms with Crippen molar-refractivity contribution < 1.29 is 9.90 Å². The van der Waals surface area contributed by atoms with Gasteiger partial charge in [0.25, 0.3) is 0 Å². The maximum Gasteiger partial charge on any atom is 0.161 e. The van der Waals surface area contributed by atoms with Crippen LogP contribution in [0.25, 0.3) is 0 Å². The first-order valence-corrected chi connectivity index (χ1v) is 8.10. The van der Waals surface area contributed by atoms with E-state index in [4.69, 9.17) is 0 Å². The fourth-order valence-electron chi connectivity index (χ4n) is 3.04. The monoisotopic (exact) mass is 339 g/mol. The SMILES string of the molecule is CC(=O)c1cc(Br)ccc1N(CCO)C1CCCCC1. The van der Waals surface area contributed by atoms with E-state index in [1.807, 2.05) is 18.2 Å². The molecule has 1 aliphatic carbocycles. The third-order valence-electron chi connectivity index (χ3n) is 4.00. The lowest BCUT2D eigenvalue weighted by molar-refractivity contribution is 0.101. The van der Waals surface area contributed by atoms with Gasteiger partial charge in [0, 0.05) is 28.3 Å². The van der Waals surface area contributed by atoms with Crippen LogP contribution in [-0.4, -0.2) is 30.1 Å². The van der Waals surface area contributed by atoms with E-state index in [1.54, 1.807) is 6.92 Å². The topological polar surface area (TPSA) is 40.5 Å². The van der Waals surface area contributed by atoms with Crippen LogP contribution in [-0.2, 0) is 0 Å². The van der Waals surface area contributed by atoms with E-state index < -0.39 is 0 Å². The number of hydrogen-bond acceptors (Lipinski definition) is 3. The highest BCUT2D eigenvalue weighted by Gasteiger charge is 2.24. The number of carbonyl (C=O) groups is 1. The number of rotatable bonds is 5.